The van der Waals surface area contributed by atoms with Gasteiger partial charge in [0.15, 0.2) is 0 Å². The zero-order valence-electron chi connectivity index (χ0n) is 19.2. The van der Waals surface area contributed by atoms with Gasteiger partial charge in [-0.25, -0.2) is 9.59 Å². The van der Waals surface area contributed by atoms with Crippen LogP contribution in [0.3, 0.4) is 0 Å². The van der Waals surface area contributed by atoms with E-state index in [1.807, 2.05) is 0 Å². The van der Waals surface area contributed by atoms with Gasteiger partial charge in [-0.2, -0.15) is 26.3 Å². The number of carboxylic acids is 2. The summed E-state index contributed by atoms with van der Waals surface area (Å²) in [4.78, 5) is 23.3. The summed E-state index contributed by atoms with van der Waals surface area (Å²) in [7, 11) is 0. The summed E-state index contributed by atoms with van der Waals surface area (Å²) in [5.74, 6) is -5.51. The number of nitrogens with zero attached hydrogens (tertiary/aromatic N) is 2. The maximum absolute atomic E-state index is 10.6. The smallest absolute Gasteiger partial charge is 0.475 e. The first kappa shape index (κ1) is 30.4. The number of aliphatic hydroxyl groups is 1. The van der Waals surface area contributed by atoms with E-state index in [9.17, 15) is 31.4 Å². The van der Waals surface area contributed by atoms with Crippen molar-refractivity contribution in [2.45, 2.75) is 76.2 Å². The molecule has 0 spiro atoms. The number of rotatable bonds is 4. The SMILES string of the molecule is CC1(CO)CCCN(CC2(N3CCCC3)CCCC2)C1.O=C(O)C(F)(F)F.O=C(O)C(F)(F)F. The van der Waals surface area contributed by atoms with Crippen LogP contribution in [0.1, 0.15) is 58.3 Å². The van der Waals surface area contributed by atoms with E-state index < -0.39 is 24.3 Å². The maximum atomic E-state index is 10.6. The second-order valence-electron chi connectivity index (χ2n) is 9.51. The van der Waals surface area contributed by atoms with Crippen molar-refractivity contribution < 1.29 is 51.3 Å². The van der Waals surface area contributed by atoms with Crippen molar-refractivity contribution in [3.8, 4) is 0 Å². The van der Waals surface area contributed by atoms with Crippen LogP contribution >= 0.6 is 0 Å². The Balaban J connectivity index is 0.000000343. The van der Waals surface area contributed by atoms with Gasteiger partial charge in [0.05, 0.1) is 0 Å². The number of alkyl halides is 6. The van der Waals surface area contributed by atoms with Gasteiger partial charge < -0.3 is 20.2 Å². The molecule has 0 aromatic rings. The molecule has 200 valence electrons. The molecular formula is C21H34F6N2O5. The second kappa shape index (κ2) is 12.4. The second-order valence-corrected chi connectivity index (χ2v) is 9.51. The Morgan fingerprint density at radius 2 is 1.24 bits per heavy atom. The van der Waals surface area contributed by atoms with Gasteiger partial charge in [-0.05, 0) is 58.2 Å². The van der Waals surface area contributed by atoms with Crippen molar-refractivity contribution in [1.29, 1.82) is 0 Å². The van der Waals surface area contributed by atoms with Gasteiger partial charge in [-0.3, -0.25) is 4.90 Å². The highest BCUT2D eigenvalue weighted by atomic mass is 19.4. The minimum absolute atomic E-state index is 0.142. The topological polar surface area (TPSA) is 101 Å². The van der Waals surface area contributed by atoms with Crippen LogP contribution in [0.2, 0.25) is 0 Å². The Morgan fingerprint density at radius 1 is 0.794 bits per heavy atom. The van der Waals surface area contributed by atoms with Gasteiger partial charge in [0.2, 0.25) is 0 Å². The van der Waals surface area contributed by atoms with Crippen molar-refractivity contribution in [2.24, 2.45) is 5.41 Å². The number of aliphatic hydroxyl groups excluding tert-OH is 1. The number of hydrogen-bond donors (Lipinski definition) is 3. The minimum atomic E-state index is -5.08. The van der Waals surface area contributed by atoms with Gasteiger partial charge in [-0.15, -0.1) is 0 Å². The van der Waals surface area contributed by atoms with Gasteiger partial charge in [0.25, 0.3) is 0 Å². The van der Waals surface area contributed by atoms with Crippen LogP contribution in [0.25, 0.3) is 0 Å². The normalized spacial score (nSPS) is 25.6. The standard InChI is InChI=1S/C17H32N2O.2C2HF3O2/c1-16(15-20)7-6-10-18(13-16)14-17(8-2-3-9-17)19-11-4-5-12-19;2*3-2(4,5)1(6)7/h20H,2-15H2,1H3;2*(H,6,7). The first-order chi connectivity index (χ1) is 15.5. The number of aliphatic carboxylic acids is 2. The molecule has 2 heterocycles. The monoisotopic (exact) mass is 508 g/mol. The average molecular weight is 509 g/mol. The fraction of sp³-hybridized carbons (Fsp3) is 0.905. The molecular weight excluding hydrogens is 474 g/mol. The van der Waals surface area contributed by atoms with Gasteiger partial charge in [0, 0.05) is 30.7 Å². The predicted molar refractivity (Wildman–Crippen MR) is 110 cm³/mol. The van der Waals surface area contributed by atoms with Crippen LogP contribution in [0.15, 0.2) is 0 Å². The fourth-order valence-corrected chi connectivity index (χ4v) is 4.91. The molecule has 0 aromatic carbocycles. The Labute approximate surface area is 194 Å². The molecule has 1 atom stereocenters. The lowest BCUT2D eigenvalue weighted by atomic mass is 9.81. The third-order valence-electron chi connectivity index (χ3n) is 6.56. The van der Waals surface area contributed by atoms with Gasteiger partial charge in [-0.1, -0.05) is 19.8 Å². The first-order valence-electron chi connectivity index (χ1n) is 11.2. The van der Waals surface area contributed by atoms with Crippen molar-refractivity contribution >= 4 is 11.9 Å². The zero-order chi connectivity index (χ0) is 26.2. The van der Waals surface area contributed by atoms with Crippen LogP contribution in [0, 0.1) is 5.41 Å². The van der Waals surface area contributed by atoms with Crippen molar-refractivity contribution in [3.05, 3.63) is 0 Å². The first-order valence-corrected chi connectivity index (χ1v) is 11.2. The molecule has 3 rings (SSSR count). The molecule has 1 unspecified atom stereocenters. The molecule has 3 aliphatic rings. The molecule has 0 radical (unpaired) electrons. The van der Waals surface area contributed by atoms with Crippen molar-refractivity contribution in [3.63, 3.8) is 0 Å². The molecule has 1 saturated carbocycles. The van der Waals surface area contributed by atoms with Crippen LogP contribution in [-0.4, -0.2) is 94.3 Å². The summed E-state index contributed by atoms with van der Waals surface area (Å²) >= 11 is 0. The Kier molecular flexibility index (Phi) is 11.1. The molecule has 13 heteroatoms. The average Bonchev–Trinajstić information content (AvgIpc) is 3.40. The Hall–Kier alpha value is -1.60. The van der Waals surface area contributed by atoms with Gasteiger partial charge in [0.1, 0.15) is 0 Å². The van der Waals surface area contributed by atoms with E-state index in [0.717, 1.165) is 6.54 Å². The summed E-state index contributed by atoms with van der Waals surface area (Å²) in [6.07, 6.45) is 0.720. The number of carboxylic acid groups (broad SMARTS) is 2. The fourth-order valence-electron chi connectivity index (χ4n) is 4.91. The quantitative estimate of drug-likeness (QED) is 0.497. The van der Waals surface area contributed by atoms with E-state index >= 15 is 0 Å². The van der Waals surface area contributed by atoms with Crippen LogP contribution in [0.5, 0.6) is 0 Å². The van der Waals surface area contributed by atoms with Gasteiger partial charge >= 0.3 is 24.3 Å². The molecule has 0 aromatic heterocycles. The summed E-state index contributed by atoms with van der Waals surface area (Å²) in [5.41, 5.74) is 0.618. The molecule has 1 aliphatic carbocycles. The number of likely N-dealkylation sites (tertiary alicyclic amines) is 2. The Bertz CT molecular complexity index is 637. The highest BCUT2D eigenvalue weighted by Gasteiger charge is 2.43. The van der Waals surface area contributed by atoms with Crippen LogP contribution < -0.4 is 0 Å². The lowest BCUT2D eigenvalue weighted by Crippen LogP contribution is -2.56. The van der Waals surface area contributed by atoms with E-state index in [1.165, 1.54) is 77.5 Å². The van der Waals surface area contributed by atoms with Crippen LogP contribution in [0.4, 0.5) is 26.3 Å². The third-order valence-corrected chi connectivity index (χ3v) is 6.56. The highest BCUT2D eigenvalue weighted by molar-refractivity contribution is 5.73. The summed E-state index contributed by atoms with van der Waals surface area (Å²) < 4.78 is 63.5. The maximum Gasteiger partial charge on any atom is 0.490 e. The lowest BCUT2D eigenvalue weighted by molar-refractivity contribution is -0.193. The molecule has 7 nitrogen and oxygen atoms in total. The van der Waals surface area contributed by atoms with Crippen molar-refractivity contribution in [2.75, 3.05) is 39.3 Å². The highest BCUT2D eigenvalue weighted by Crippen LogP contribution is 2.39. The molecule has 2 aliphatic heterocycles. The predicted octanol–water partition coefficient (Wildman–Crippen LogP) is 3.76. The summed E-state index contributed by atoms with van der Waals surface area (Å²) in [5, 5.41) is 23.9. The molecule has 3 fully saturated rings. The number of piperidine rings is 1. The van der Waals surface area contributed by atoms with E-state index in [0.29, 0.717) is 12.1 Å². The minimum Gasteiger partial charge on any atom is -0.475 e. The summed E-state index contributed by atoms with van der Waals surface area (Å²) in [6.45, 7) is 8.85. The number of hydrogen-bond acceptors (Lipinski definition) is 5. The summed E-state index contributed by atoms with van der Waals surface area (Å²) in [6, 6.07) is 0. The zero-order valence-corrected chi connectivity index (χ0v) is 19.2. The lowest BCUT2D eigenvalue weighted by Gasteiger charge is -2.47. The molecule has 34 heavy (non-hydrogen) atoms. The van der Waals surface area contributed by atoms with E-state index in [1.54, 1.807) is 0 Å². The molecule has 0 amide bonds. The Morgan fingerprint density at radius 3 is 1.62 bits per heavy atom. The third kappa shape index (κ3) is 9.57. The largest absolute Gasteiger partial charge is 0.490 e. The van der Waals surface area contributed by atoms with E-state index in [2.05, 4.69) is 16.7 Å². The number of halogens is 6. The van der Waals surface area contributed by atoms with Crippen molar-refractivity contribution in [1.82, 2.24) is 9.80 Å². The van der Waals surface area contributed by atoms with E-state index in [-0.39, 0.29) is 5.41 Å². The molecule has 2 saturated heterocycles. The van der Waals surface area contributed by atoms with E-state index in [4.69, 9.17) is 19.8 Å². The molecule has 3 N–H and O–H groups in total. The molecule has 0 bridgehead atoms. The van der Waals surface area contributed by atoms with Crippen LogP contribution in [-0.2, 0) is 9.59 Å². The number of carbonyl (C=O) groups is 2.